The van der Waals surface area contributed by atoms with Gasteiger partial charge in [0.1, 0.15) is 7.11 Å². The summed E-state index contributed by atoms with van der Waals surface area (Å²) >= 11 is 0. The van der Waals surface area contributed by atoms with E-state index in [2.05, 4.69) is 15.0 Å². The van der Waals surface area contributed by atoms with Crippen LogP contribution in [0.4, 0.5) is 0 Å². The van der Waals surface area contributed by atoms with Gasteiger partial charge in [0, 0.05) is 17.8 Å². The number of pyridine rings is 1. The fraction of sp³-hybridized carbons (Fsp3) is 0.250. The number of methoxy groups -OCH3 is 1. The Labute approximate surface area is 76.2 Å². The second-order valence-corrected chi connectivity index (χ2v) is 2.25. The molecule has 70 valence electrons. The molecule has 0 unspecified atom stereocenters. The molecule has 0 bridgehead atoms. The molecule has 5 nitrogen and oxygen atoms in total. The van der Waals surface area contributed by atoms with Crippen molar-refractivity contribution in [3.8, 4) is 5.88 Å². The Morgan fingerprint density at radius 1 is 1.54 bits per heavy atom. The zero-order valence-corrected chi connectivity index (χ0v) is 7.52. The topological polar surface area (TPSA) is 69.7 Å². The molecule has 1 heterocycles. The lowest BCUT2D eigenvalue weighted by Gasteiger charge is -2.01. The highest BCUT2D eigenvalue weighted by Gasteiger charge is 2.00. The van der Waals surface area contributed by atoms with E-state index in [4.69, 9.17) is 10.5 Å². The van der Waals surface area contributed by atoms with E-state index in [1.54, 1.807) is 18.3 Å². The molecule has 1 rings (SSSR count). The molecule has 0 fully saturated rings. The van der Waals surface area contributed by atoms with Gasteiger partial charge in [0.15, 0.2) is 5.84 Å². The smallest absolute Gasteiger partial charge is 0.213 e. The summed E-state index contributed by atoms with van der Waals surface area (Å²) in [5.41, 5.74) is 6.29. The number of nitrogens with zero attached hydrogens (tertiary/aromatic N) is 2. The Hall–Kier alpha value is -1.78. The van der Waals surface area contributed by atoms with Gasteiger partial charge in [0.25, 0.3) is 0 Å². The summed E-state index contributed by atoms with van der Waals surface area (Å²) in [6, 6.07) is 3.40. The third kappa shape index (κ3) is 2.33. The van der Waals surface area contributed by atoms with Crippen molar-refractivity contribution >= 4 is 5.84 Å². The van der Waals surface area contributed by atoms with Gasteiger partial charge in [-0.3, -0.25) is 0 Å². The molecule has 0 atom stereocenters. The lowest BCUT2D eigenvalue weighted by atomic mass is 10.2. The first-order valence-corrected chi connectivity index (χ1v) is 3.65. The number of amidine groups is 1. The van der Waals surface area contributed by atoms with Gasteiger partial charge in [-0.2, -0.15) is 0 Å². The standard InChI is InChI=1S/C8H11N3O2/c1-12-7-5-6(3-4-10-7)8(9)11-13-2/h3-5H,1-2H3,(H2,9,11). The van der Waals surface area contributed by atoms with Crippen LogP contribution in [-0.4, -0.2) is 25.0 Å². The van der Waals surface area contributed by atoms with Crippen LogP contribution < -0.4 is 10.5 Å². The van der Waals surface area contributed by atoms with Crippen LogP contribution in [0.25, 0.3) is 0 Å². The molecule has 0 radical (unpaired) electrons. The molecule has 5 heteroatoms. The minimum atomic E-state index is 0.295. The highest BCUT2D eigenvalue weighted by molar-refractivity contribution is 5.97. The maximum atomic E-state index is 5.57. The molecule has 1 aromatic rings. The van der Waals surface area contributed by atoms with Crippen molar-refractivity contribution in [1.82, 2.24) is 4.98 Å². The third-order valence-corrected chi connectivity index (χ3v) is 1.43. The molecule has 0 aliphatic rings. The number of nitrogens with two attached hydrogens (primary N) is 1. The lowest BCUT2D eigenvalue weighted by molar-refractivity contribution is 0.213. The Kier molecular flexibility index (Phi) is 3.08. The first-order valence-electron chi connectivity index (χ1n) is 3.65. The Morgan fingerprint density at radius 2 is 2.31 bits per heavy atom. The first-order chi connectivity index (χ1) is 6.27. The van der Waals surface area contributed by atoms with Gasteiger partial charge in [0.05, 0.1) is 7.11 Å². The number of aromatic nitrogens is 1. The van der Waals surface area contributed by atoms with Crippen molar-refractivity contribution in [2.75, 3.05) is 14.2 Å². The monoisotopic (exact) mass is 181 g/mol. The van der Waals surface area contributed by atoms with Crippen LogP contribution in [0.1, 0.15) is 5.56 Å². The van der Waals surface area contributed by atoms with Crippen LogP contribution in [0.15, 0.2) is 23.5 Å². The van der Waals surface area contributed by atoms with Crippen molar-refractivity contribution in [2.24, 2.45) is 10.9 Å². The quantitative estimate of drug-likeness (QED) is 0.415. The van der Waals surface area contributed by atoms with Crippen molar-refractivity contribution in [1.29, 1.82) is 0 Å². The molecule has 13 heavy (non-hydrogen) atoms. The molecule has 0 aliphatic carbocycles. The predicted octanol–water partition coefficient (Wildman–Crippen LogP) is 0.357. The number of hydrogen-bond donors (Lipinski definition) is 1. The summed E-state index contributed by atoms with van der Waals surface area (Å²) in [5, 5.41) is 3.58. The summed E-state index contributed by atoms with van der Waals surface area (Å²) in [6.07, 6.45) is 1.59. The Morgan fingerprint density at radius 3 is 2.92 bits per heavy atom. The maximum absolute atomic E-state index is 5.57. The average Bonchev–Trinajstić information content (AvgIpc) is 2.18. The minimum Gasteiger partial charge on any atom is -0.481 e. The largest absolute Gasteiger partial charge is 0.481 e. The van der Waals surface area contributed by atoms with E-state index in [1.165, 1.54) is 14.2 Å². The Balaban J connectivity index is 2.94. The second-order valence-electron chi connectivity index (χ2n) is 2.25. The van der Waals surface area contributed by atoms with E-state index >= 15 is 0 Å². The summed E-state index contributed by atoms with van der Waals surface area (Å²) in [5.74, 6) is 0.787. The number of ether oxygens (including phenoxy) is 1. The minimum absolute atomic E-state index is 0.295. The van der Waals surface area contributed by atoms with Gasteiger partial charge in [-0.25, -0.2) is 4.98 Å². The van der Waals surface area contributed by atoms with Gasteiger partial charge < -0.3 is 15.3 Å². The molecular formula is C8H11N3O2. The predicted molar refractivity (Wildman–Crippen MR) is 48.5 cm³/mol. The van der Waals surface area contributed by atoms with E-state index < -0.39 is 0 Å². The molecule has 0 aromatic carbocycles. The van der Waals surface area contributed by atoms with E-state index in [9.17, 15) is 0 Å². The van der Waals surface area contributed by atoms with Crippen LogP contribution in [0.5, 0.6) is 5.88 Å². The first kappa shape index (κ1) is 9.31. The van der Waals surface area contributed by atoms with Gasteiger partial charge in [-0.1, -0.05) is 5.16 Å². The molecule has 2 N–H and O–H groups in total. The zero-order valence-electron chi connectivity index (χ0n) is 7.52. The van der Waals surface area contributed by atoms with Crippen LogP contribution in [0, 0.1) is 0 Å². The van der Waals surface area contributed by atoms with E-state index in [0.29, 0.717) is 17.3 Å². The summed E-state index contributed by atoms with van der Waals surface area (Å²) < 4.78 is 4.92. The summed E-state index contributed by atoms with van der Waals surface area (Å²) in [4.78, 5) is 8.46. The van der Waals surface area contributed by atoms with Crippen LogP contribution in [0.2, 0.25) is 0 Å². The number of oxime groups is 1. The van der Waals surface area contributed by atoms with Gasteiger partial charge in [0.2, 0.25) is 5.88 Å². The summed E-state index contributed by atoms with van der Waals surface area (Å²) in [6.45, 7) is 0. The fourth-order valence-electron chi connectivity index (χ4n) is 0.831. The van der Waals surface area contributed by atoms with Gasteiger partial charge >= 0.3 is 0 Å². The third-order valence-electron chi connectivity index (χ3n) is 1.43. The normalized spacial score (nSPS) is 11.1. The summed E-state index contributed by atoms with van der Waals surface area (Å²) in [7, 11) is 2.97. The highest BCUT2D eigenvalue weighted by Crippen LogP contribution is 2.07. The average molecular weight is 181 g/mol. The maximum Gasteiger partial charge on any atom is 0.213 e. The second kappa shape index (κ2) is 4.30. The lowest BCUT2D eigenvalue weighted by Crippen LogP contribution is -2.13. The van der Waals surface area contributed by atoms with Crippen LogP contribution in [-0.2, 0) is 4.84 Å². The highest BCUT2D eigenvalue weighted by atomic mass is 16.6. The van der Waals surface area contributed by atoms with Gasteiger partial charge in [-0.05, 0) is 6.07 Å². The van der Waals surface area contributed by atoms with Gasteiger partial charge in [-0.15, -0.1) is 0 Å². The number of rotatable bonds is 3. The van der Waals surface area contributed by atoms with Crippen molar-refractivity contribution in [3.05, 3.63) is 23.9 Å². The fourth-order valence-corrected chi connectivity index (χ4v) is 0.831. The molecule has 0 amide bonds. The Bertz CT molecular complexity index is 312. The van der Waals surface area contributed by atoms with E-state index in [-0.39, 0.29) is 0 Å². The van der Waals surface area contributed by atoms with Crippen molar-refractivity contribution in [3.63, 3.8) is 0 Å². The SMILES string of the molecule is CO/N=C(/N)c1ccnc(OC)c1. The molecular weight excluding hydrogens is 170 g/mol. The molecule has 0 saturated carbocycles. The molecule has 0 aliphatic heterocycles. The van der Waals surface area contributed by atoms with Crippen molar-refractivity contribution < 1.29 is 9.57 Å². The number of hydrogen-bond acceptors (Lipinski definition) is 4. The zero-order chi connectivity index (χ0) is 9.68. The molecule has 0 saturated heterocycles. The van der Waals surface area contributed by atoms with E-state index in [0.717, 1.165) is 0 Å². The molecule has 0 spiro atoms. The van der Waals surface area contributed by atoms with Crippen molar-refractivity contribution in [2.45, 2.75) is 0 Å². The van der Waals surface area contributed by atoms with Crippen LogP contribution in [0.3, 0.4) is 0 Å². The molecule has 1 aromatic heterocycles. The van der Waals surface area contributed by atoms with Crippen LogP contribution >= 0.6 is 0 Å². The van der Waals surface area contributed by atoms with E-state index in [1.807, 2.05) is 0 Å².